The smallest absolute Gasteiger partial charge is 0.346 e. The monoisotopic (exact) mass is 273 g/mol. The van der Waals surface area contributed by atoms with Crippen molar-refractivity contribution in [1.82, 2.24) is 15.3 Å². The molecule has 3 rings (SSSR count). The Morgan fingerprint density at radius 3 is 3.10 bits per heavy atom. The minimum atomic E-state index is -0.522. The largest absolute Gasteiger partial charge is 0.376 e. The van der Waals surface area contributed by atoms with Crippen LogP contribution in [0, 0.1) is 0 Å². The first-order chi connectivity index (χ1) is 9.74. The maximum atomic E-state index is 12.2. The van der Waals surface area contributed by atoms with Gasteiger partial charge in [0.05, 0.1) is 11.6 Å². The van der Waals surface area contributed by atoms with Crippen molar-refractivity contribution >= 4 is 16.8 Å². The molecule has 0 aliphatic carbocycles. The zero-order chi connectivity index (χ0) is 13.9. The Bertz CT molecular complexity index is 689. The second kappa shape index (κ2) is 5.42. The SMILES string of the molecule is O=C(NCC1CCCO1)c1nc(=O)[nH]c2ccccc12. The van der Waals surface area contributed by atoms with E-state index < -0.39 is 5.69 Å². The van der Waals surface area contributed by atoms with Gasteiger partial charge < -0.3 is 15.0 Å². The van der Waals surface area contributed by atoms with Crippen LogP contribution in [-0.2, 0) is 4.74 Å². The van der Waals surface area contributed by atoms with Crippen LogP contribution in [-0.4, -0.2) is 35.1 Å². The van der Waals surface area contributed by atoms with Crippen molar-refractivity contribution in [3.63, 3.8) is 0 Å². The molecule has 104 valence electrons. The third kappa shape index (κ3) is 2.55. The predicted molar refractivity (Wildman–Crippen MR) is 73.7 cm³/mol. The van der Waals surface area contributed by atoms with Crippen LogP contribution < -0.4 is 11.0 Å². The normalized spacial score (nSPS) is 18.3. The fourth-order valence-electron chi connectivity index (χ4n) is 2.37. The van der Waals surface area contributed by atoms with Crippen LogP contribution in [0.5, 0.6) is 0 Å². The Morgan fingerprint density at radius 1 is 1.45 bits per heavy atom. The summed E-state index contributed by atoms with van der Waals surface area (Å²) in [5.74, 6) is -0.345. The lowest BCUT2D eigenvalue weighted by Crippen LogP contribution is -2.33. The molecule has 1 aromatic heterocycles. The van der Waals surface area contributed by atoms with E-state index in [9.17, 15) is 9.59 Å². The minimum Gasteiger partial charge on any atom is -0.376 e. The summed E-state index contributed by atoms with van der Waals surface area (Å²) in [5.41, 5.74) is 0.239. The average Bonchev–Trinajstić information content (AvgIpc) is 2.97. The standard InChI is InChI=1S/C14H15N3O3/c18-13(15-8-9-4-3-7-20-9)12-10-5-1-2-6-11(10)16-14(19)17-12/h1-2,5-6,9H,3-4,7-8H2,(H,15,18)(H,16,17,19). The van der Waals surface area contributed by atoms with E-state index in [2.05, 4.69) is 15.3 Å². The predicted octanol–water partition coefficient (Wildman–Crippen LogP) is 0.832. The minimum absolute atomic E-state index is 0.0622. The van der Waals surface area contributed by atoms with Crippen molar-refractivity contribution in [3.05, 3.63) is 40.4 Å². The van der Waals surface area contributed by atoms with E-state index in [0.29, 0.717) is 17.4 Å². The van der Waals surface area contributed by atoms with Crippen molar-refractivity contribution < 1.29 is 9.53 Å². The first-order valence-corrected chi connectivity index (χ1v) is 6.63. The molecular formula is C14H15N3O3. The molecule has 6 nitrogen and oxygen atoms in total. The van der Waals surface area contributed by atoms with Crippen molar-refractivity contribution in [2.45, 2.75) is 18.9 Å². The summed E-state index contributed by atoms with van der Waals surface area (Å²) in [6.45, 7) is 1.19. The highest BCUT2D eigenvalue weighted by atomic mass is 16.5. The van der Waals surface area contributed by atoms with Gasteiger partial charge in [0.2, 0.25) is 0 Å². The lowest BCUT2D eigenvalue weighted by atomic mass is 10.1. The first kappa shape index (κ1) is 12.8. The van der Waals surface area contributed by atoms with Gasteiger partial charge in [0.25, 0.3) is 5.91 Å². The molecule has 1 unspecified atom stereocenters. The Balaban J connectivity index is 1.85. The van der Waals surface area contributed by atoms with Crippen LogP contribution in [0.2, 0.25) is 0 Å². The first-order valence-electron chi connectivity index (χ1n) is 6.63. The van der Waals surface area contributed by atoms with E-state index in [-0.39, 0.29) is 17.7 Å². The summed E-state index contributed by atoms with van der Waals surface area (Å²) < 4.78 is 5.45. The van der Waals surface area contributed by atoms with Gasteiger partial charge in [-0.25, -0.2) is 4.79 Å². The number of para-hydroxylation sites is 1. The number of carbonyl (C=O) groups is 1. The van der Waals surface area contributed by atoms with Crippen LogP contribution in [0.1, 0.15) is 23.3 Å². The van der Waals surface area contributed by atoms with Crippen LogP contribution in [0.15, 0.2) is 29.1 Å². The third-order valence-corrected chi connectivity index (χ3v) is 3.37. The molecule has 1 aromatic carbocycles. The summed E-state index contributed by atoms with van der Waals surface area (Å²) in [6.07, 6.45) is 2.03. The molecule has 2 N–H and O–H groups in total. The molecule has 2 heterocycles. The number of nitrogens with one attached hydrogen (secondary N) is 2. The Morgan fingerprint density at radius 2 is 2.30 bits per heavy atom. The van der Waals surface area contributed by atoms with E-state index in [1.807, 2.05) is 0 Å². The van der Waals surface area contributed by atoms with Gasteiger partial charge in [-0.3, -0.25) is 4.79 Å². The van der Waals surface area contributed by atoms with Gasteiger partial charge >= 0.3 is 5.69 Å². The van der Waals surface area contributed by atoms with Gasteiger partial charge in [-0.2, -0.15) is 4.98 Å². The number of hydrogen-bond donors (Lipinski definition) is 2. The Hall–Kier alpha value is -2.21. The molecule has 1 saturated heterocycles. The quantitative estimate of drug-likeness (QED) is 0.867. The zero-order valence-corrected chi connectivity index (χ0v) is 10.9. The van der Waals surface area contributed by atoms with Gasteiger partial charge in [-0.15, -0.1) is 0 Å². The van der Waals surface area contributed by atoms with E-state index in [1.165, 1.54) is 0 Å². The van der Waals surface area contributed by atoms with Crippen LogP contribution in [0.3, 0.4) is 0 Å². The fourth-order valence-corrected chi connectivity index (χ4v) is 2.37. The van der Waals surface area contributed by atoms with Crippen molar-refractivity contribution in [2.75, 3.05) is 13.2 Å². The molecule has 0 spiro atoms. The molecule has 0 bridgehead atoms. The van der Waals surface area contributed by atoms with Gasteiger partial charge in [-0.1, -0.05) is 18.2 Å². The van der Waals surface area contributed by atoms with Gasteiger partial charge in [-0.05, 0) is 18.9 Å². The summed E-state index contributed by atoms with van der Waals surface area (Å²) in [5, 5.41) is 3.42. The number of carbonyl (C=O) groups excluding carboxylic acids is 1. The molecule has 1 aliphatic heterocycles. The van der Waals surface area contributed by atoms with Crippen molar-refractivity contribution in [2.24, 2.45) is 0 Å². The maximum absolute atomic E-state index is 12.2. The zero-order valence-electron chi connectivity index (χ0n) is 10.9. The second-order valence-electron chi connectivity index (χ2n) is 4.78. The number of amides is 1. The molecule has 1 atom stereocenters. The number of aromatic amines is 1. The van der Waals surface area contributed by atoms with E-state index >= 15 is 0 Å². The lowest BCUT2D eigenvalue weighted by Gasteiger charge is -2.11. The molecule has 0 radical (unpaired) electrons. The second-order valence-corrected chi connectivity index (χ2v) is 4.78. The Labute approximate surface area is 115 Å². The summed E-state index contributed by atoms with van der Waals surface area (Å²) in [4.78, 5) is 30.1. The summed E-state index contributed by atoms with van der Waals surface area (Å²) in [6, 6.07) is 7.11. The highest BCUT2D eigenvalue weighted by Gasteiger charge is 2.18. The maximum Gasteiger partial charge on any atom is 0.346 e. The number of H-pyrrole nitrogens is 1. The number of hydrogen-bond acceptors (Lipinski definition) is 4. The van der Waals surface area contributed by atoms with Gasteiger partial charge in [0, 0.05) is 18.5 Å². The van der Waals surface area contributed by atoms with Crippen molar-refractivity contribution in [3.8, 4) is 0 Å². The summed E-state index contributed by atoms with van der Waals surface area (Å²) >= 11 is 0. The van der Waals surface area contributed by atoms with Gasteiger partial charge in [0.1, 0.15) is 5.69 Å². The molecule has 20 heavy (non-hydrogen) atoms. The number of benzene rings is 1. The molecular weight excluding hydrogens is 258 g/mol. The van der Waals surface area contributed by atoms with Crippen LogP contribution >= 0.6 is 0 Å². The van der Waals surface area contributed by atoms with Crippen LogP contribution in [0.4, 0.5) is 0 Å². The molecule has 0 saturated carbocycles. The average molecular weight is 273 g/mol. The number of aromatic nitrogens is 2. The Kier molecular flexibility index (Phi) is 3.47. The topological polar surface area (TPSA) is 84.1 Å². The number of ether oxygens (including phenoxy) is 1. The van der Waals surface area contributed by atoms with E-state index in [0.717, 1.165) is 19.4 Å². The highest BCUT2D eigenvalue weighted by molar-refractivity contribution is 6.04. The number of fused-ring (bicyclic) bond motifs is 1. The third-order valence-electron chi connectivity index (χ3n) is 3.37. The van der Waals surface area contributed by atoms with E-state index in [1.54, 1.807) is 24.3 Å². The van der Waals surface area contributed by atoms with Crippen LogP contribution in [0.25, 0.3) is 10.9 Å². The molecule has 1 aliphatic rings. The molecule has 6 heteroatoms. The number of rotatable bonds is 3. The van der Waals surface area contributed by atoms with Gasteiger partial charge in [0.15, 0.2) is 0 Å². The van der Waals surface area contributed by atoms with Crippen molar-refractivity contribution in [1.29, 1.82) is 0 Å². The fraction of sp³-hybridized carbons (Fsp3) is 0.357. The highest BCUT2D eigenvalue weighted by Crippen LogP contribution is 2.13. The lowest BCUT2D eigenvalue weighted by molar-refractivity contribution is 0.0855. The molecule has 1 amide bonds. The summed E-state index contributed by atoms with van der Waals surface area (Å²) in [7, 11) is 0. The number of nitrogens with zero attached hydrogens (tertiary/aromatic N) is 1. The molecule has 2 aromatic rings. The molecule has 1 fully saturated rings. The van der Waals surface area contributed by atoms with E-state index in [4.69, 9.17) is 4.74 Å².